The molecule has 0 N–H and O–H groups in total. The van der Waals surface area contributed by atoms with Crippen molar-refractivity contribution in [2.24, 2.45) is 11.8 Å². The Labute approximate surface area is 407 Å². The Morgan fingerprint density at radius 2 is 1.24 bits per heavy atom. The van der Waals surface area contributed by atoms with Crippen LogP contribution >= 0.6 is 22.6 Å². The van der Waals surface area contributed by atoms with E-state index in [-0.39, 0.29) is 55.0 Å². The van der Waals surface area contributed by atoms with Crippen LogP contribution < -0.4 is 9.64 Å². The third-order valence-corrected chi connectivity index (χ3v) is 13.6. The maximum Gasteiger partial charge on any atom is 0.296 e. The topological polar surface area (TPSA) is 139 Å². The van der Waals surface area contributed by atoms with Crippen molar-refractivity contribution in [1.29, 1.82) is 0 Å². The van der Waals surface area contributed by atoms with Gasteiger partial charge in [-0.2, -0.15) is 18.6 Å². The molecule has 6 aromatic rings. The van der Waals surface area contributed by atoms with E-state index in [1.165, 1.54) is 59.7 Å². The Bertz CT molecular complexity index is 2680. The summed E-state index contributed by atoms with van der Waals surface area (Å²) >= 11 is 2.15. The number of ether oxygens (including phenoxy) is 3. The first-order valence-electron chi connectivity index (χ1n) is 22.0. The van der Waals surface area contributed by atoms with E-state index in [0.29, 0.717) is 25.2 Å². The Hall–Kier alpha value is -5.00. The number of nitrogens with zero attached hydrogens (tertiary/aromatic N) is 8. The van der Waals surface area contributed by atoms with Gasteiger partial charge in [0.1, 0.15) is 65.5 Å². The van der Waals surface area contributed by atoms with E-state index in [1.54, 1.807) is 23.1 Å². The van der Waals surface area contributed by atoms with Crippen molar-refractivity contribution >= 4 is 38.4 Å². The third-order valence-electron chi connectivity index (χ3n) is 12.3. The van der Waals surface area contributed by atoms with E-state index in [9.17, 15) is 26.0 Å². The van der Waals surface area contributed by atoms with Crippen LogP contribution in [-0.4, -0.2) is 107 Å². The molecule has 4 aromatic carbocycles. The monoisotopic (exact) mass is 1070 g/mol. The number of aromatic nitrogens is 6. The molecule has 4 atom stereocenters. The van der Waals surface area contributed by atoms with Gasteiger partial charge in [0.05, 0.1) is 44.4 Å². The van der Waals surface area contributed by atoms with Gasteiger partial charge in [0, 0.05) is 67.0 Å². The Morgan fingerprint density at radius 3 is 1.72 bits per heavy atom. The lowest BCUT2D eigenvalue weighted by atomic mass is 9.87. The maximum atomic E-state index is 14.8. The van der Waals surface area contributed by atoms with Gasteiger partial charge >= 0.3 is 0 Å². The first kappa shape index (κ1) is 50.9. The zero-order valence-corrected chi connectivity index (χ0v) is 41.3. The van der Waals surface area contributed by atoms with E-state index in [0.717, 1.165) is 61.3 Å². The van der Waals surface area contributed by atoms with Gasteiger partial charge in [-0.05, 0) is 86.7 Å². The van der Waals surface area contributed by atoms with Crippen LogP contribution in [0.4, 0.5) is 23.2 Å². The number of hydrogen-bond acceptors (Lipinski definition) is 12. The molecule has 0 unspecified atom stereocenters. The second kappa shape index (κ2) is 22.6. The number of hydrogen-bond donors (Lipinski definition) is 0. The van der Waals surface area contributed by atoms with Crippen LogP contribution in [0.1, 0.15) is 35.1 Å². The minimum absolute atomic E-state index is 0.0414. The molecule has 14 nitrogen and oxygen atoms in total. The number of halogens is 5. The van der Waals surface area contributed by atoms with Crippen LogP contribution in [0.5, 0.6) is 5.75 Å². The minimum Gasteiger partial charge on any atom is -0.493 e. The number of alkyl halides is 1. The number of aryl methyl sites for hydroxylation is 2. The fourth-order valence-electron chi connectivity index (χ4n) is 8.80. The second-order valence-electron chi connectivity index (χ2n) is 17.3. The summed E-state index contributed by atoms with van der Waals surface area (Å²) in [6.45, 7) is 9.36. The summed E-state index contributed by atoms with van der Waals surface area (Å²) < 4.78 is 108. The summed E-state index contributed by atoms with van der Waals surface area (Å²) in [7, 11) is -1.79. The first-order valence-corrected chi connectivity index (χ1v) is 25.6. The number of likely N-dealkylation sites (N-methyl/N-ethyl adjacent to an activating group) is 1. The molecular formula is C48H55F4IN8O6S. The molecule has 0 aliphatic carbocycles. The predicted octanol–water partition coefficient (Wildman–Crippen LogP) is 7.88. The average Bonchev–Trinajstić information content (AvgIpc) is 4.17. The Morgan fingerprint density at radius 1 is 0.706 bits per heavy atom. The number of benzene rings is 4. The van der Waals surface area contributed by atoms with Gasteiger partial charge in [-0.1, -0.05) is 52.4 Å². The predicted molar refractivity (Wildman–Crippen MR) is 255 cm³/mol. The van der Waals surface area contributed by atoms with Crippen LogP contribution in [0.15, 0.2) is 109 Å². The quantitative estimate of drug-likeness (QED) is 0.0454. The van der Waals surface area contributed by atoms with Crippen molar-refractivity contribution in [2.75, 3.05) is 69.5 Å². The third kappa shape index (κ3) is 12.4. The van der Waals surface area contributed by atoms with Crippen molar-refractivity contribution in [3.05, 3.63) is 150 Å². The van der Waals surface area contributed by atoms with Crippen molar-refractivity contribution in [1.82, 2.24) is 34.4 Å². The molecule has 2 aromatic heterocycles. The van der Waals surface area contributed by atoms with Crippen LogP contribution in [0.3, 0.4) is 0 Å². The summed E-state index contributed by atoms with van der Waals surface area (Å²) in [5.74, 6) is -2.12. The fourth-order valence-corrected chi connectivity index (χ4v) is 9.77. The molecule has 3 saturated heterocycles. The minimum atomic E-state index is -3.94. The molecule has 0 spiro atoms. The number of rotatable bonds is 14. The molecule has 3 aliphatic heterocycles. The molecule has 0 radical (unpaired) electrons. The molecule has 0 saturated carbocycles. The van der Waals surface area contributed by atoms with Gasteiger partial charge in [0.25, 0.3) is 10.1 Å². The normalized spacial score (nSPS) is 21.8. The second-order valence-corrected chi connectivity index (χ2v) is 18.9. The van der Waals surface area contributed by atoms with Gasteiger partial charge in [-0.3, -0.25) is 4.18 Å². The van der Waals surface area contributed by atoms with E-state index in [4.69, 9.17) is 18.4 Å². The smallest absolute Gasteiger partial charge is 0.296 e. The molecule has 9 rings (SSSR count). The molecule has 364 valence electrons. The van der Waals surface area contributed by atoms with Crippen molar-refractivity contribution in [3.8, 4) is 5.75 Å². The molecule has 3 fully saturated rings. The van der Waals surface area contributed by atoms with Gasteiger partial charge < -0.3 is 24.0 Å². The highest BCUT2D eigenvalue weighted by molar-refractivity contribution is 14.1. The SMILES string of the molecule is CI.Cc1cc(N2CCN(C)CC2)ccc1OC[C@@H]1CO[C@@](Cn2cncn2)(c2ccc(F)cc2F)C1.Cc1ccc(S(=O)(=O)OC[C@@H]2CO[C@@](Cn3cncn3)(c3ccc(F)cc3F)C2)cc1. The van der Waals surface area contributed by atoms with Gasteiger partial charge in [-0.25, -0.2) is 36.9 Å². The lowest BCUT2D eigenvalue weighted by Gasteiger charge is -2.34. The summed E-state index contributed by atoms with van der Waals surface area (Å²) in [5.41, 5.74) is 1.59. The van der Waals surface area contributed by atoms with Gasteiger partial charge in [0.2, 0.25) is 0 Å². The van der Waals surface area contributed by atoms with E-state index in [1.807, 2.05) is 17.9 Å². The molecule has 68 heavy (non-hydrogen) atoms. The van der Waals surface area contributed by atoms with Crippen molar-refractivity contribution in [3.63, 3.8) is 0 Å². The van der Waals surface area contributed by atoms with Crippen LogP contribution in [-0.2, 0) is 48.1 Å². The van der Waals surface area contributed by atoms with Crippen LogP contribution in [0.25, 0.3) is 0 Å². The zero-order chi connectivity index (χ0) is 48.5. The Balaban J connectivity index is 0.000000196. The van der Waals surface area contributed by atoms with Gasteiger partial charge in [0.15, 0.2) is 0 Å². The summed E-state index contributed by atoms with van der Waals surface area (Å²) in [6, 6.07) is 19.6. The Kier molecular flexibility index (Phi) is 16.9. The molecule has 0 bridgehead atoms. The molecular weight excluding hydrogens is 1020 g/mol. The number of piperazine rings is 1. The fraction of sp³-hybridized carbons (Fsp3) is 0.417. The summed E-state index contributed by atoms with van der Waals surface area (Å²) in [4.78, 5) is 14.7. The average molecular weight is 1070 g/mol. The maximum absolute atomic E-state index is 14.8. The standard InChI is InChI=1S/C26H31F2N5O2.C21H21F2N3O4S.CH3I/c1-19-11-22(32-9-7-31(2)8-10-32)4-6-25(19)34-14-20-13-26(35-15-20,16-33-18-29-17-30-33)23-5-3-21(27)12-24(23)28;1-15-2-5-18(6-3-15)31(27,28)30-11-16-9-21(29-10-16,12-26-14-24-13-25-26)19-7-4-17(22)8-20(19)23;1-2/h3-6,11-12,17-18,20H,7-10,13-16H2,1-2H3;2-8,13-14,16H,9-12H2,1H3;1H3/t20-,26+;16-,21-;/m10./s1. The largest absolute Gasteiger partial charge is 0.493 e. The van der Waals surface area contributed by atoms with Crippen LogP contribution in [0.2, 0.25) is 0 Å². The lowest BCUT2D eigenvalue weighted by molar-refractivity contribution is -0.0209. The first-order chi connectivity index (χ1) is 32.7. The highest BCUT2D eigenvalue weighted by Crippen LogP contribution is 2.43. The molecule has 5 heterocycles. The number of anilines is 1. The van der Waals surface area contributed by atoms with E-state index < -0.39 is 44.6 Å². The molecule has 0 amide bonds. The highest BCUT2D eigenvalue weighted by atomic mass is 127. The highest BCUT2D eigenvalue weighted by Gasteiger charge is 2.46. The summed E-state index contributed by atoms with van der Waals surface area (Å²) in [6.07, 6.45) is 6.60. The molecule has 3 aliphatic rings. The van der Waals surface area contributed by atoms with E-state index in [2.05, 4.69) is 78.7 Å². The van der Waals surface area contributed by atoms with E-state index >= 15 is 0 Å². The summed E-state index contributed by atoms with van der Waals surface area (Å²) in [5, 5.41) is 8.23. The van der Waals surface area contributed by atoms with Crippen molar-refractivity contribution < 1.29 is 44.4 Å². The zero-order valence-electron chi connectivity index (χ0n) is 38.3. The van der Waals surface area contributed by atoms with Gasteiger partial charge in [-0.15, -0.1) is 0 Å². The molecule has 20 heteroatoms. The van der Waals surface area contributed by atoms with Crippen LogP contribution in [0, 0.1) is 49.0 Å². The van der Waals surface area contributed by atoms with Crippen molar-refractivity contribution in [2.45, 2.75) is 55.9 Å². The lowest BCUT2D eigenvalue weighted by Crippen LogP contribution is -2.44.